The molecule has 0 saturated heterocycles. The van der Waals surface area contributed by atoms with E-state index in [9.17, 15) is 8.78 Å². The zero-order chi connectivity index (χ0) is 12.8. The Morgan fingerprint density at radius 1 is 1.41 bits per heavy atom. The van der Waals surface area contributed by atoms with Crippen molar-refractivity contribution in [3.05, 3.63) is 47.5 Å². The smallest absolute Gasteiger partial charge is 0.159 e. The molecule has 3 N–H and O–H groups in total. The molecule has 0 spiro atoms. The Morgan fingerprint density at radius 3 is 2.65 bits per heavy atom. The molecule has 0 amide bonds. The molecule has 1 atom stereocenters. The zero-order valence-electron chi connectivity index (χ0n) is 9.97. The lowest BCUT2D eigenvalue weighted by atomic mass is 10.0. The molecule has 0 heterocycles. The minimum atomic E-state index is -0.826. The van der Waals surface area contributed by atoms with Gasteiger partial charge in [-0.25, -0.2) is 8.78 Å². The lowest BCUT2D eigenvalue weighted by Crippen LogP contribution is -2.36. The lowest BCUT2D eigenvalue weighted by molar-refractivity contribution is 0.482. The molecule has 4 heteroatoms. The topological polar surface area (TPSA) is 38.0 Å². The summed E-state index contributed by atoms with van der Waals surface area (Å²) in [5.74, 6) is 3.78. The summed E-state index contributed by atoms with van der Waals surface area (Å²) < 4.78 is 25.8. The van der Waals surface area contributed by atoms with Crippen molar-refractivity contribution in [2.75, 3.05) is 0 Å². The predicted molar refractivity (Wildman–Crippen MR) is 65.2 cm³/mol. The van der Waals surface area contributed by atoms with Gasteiger partial charge in [0.1, 0.15) is 0 Å². The third-order valence-electron chi connectivity index (χ3n) is 2.62. The van der Waals surface area contributed by atoms with E-state index in [0.29, 0.717) is 6.42 Å². The fraction of sp³-hybridized carbons (Fsp3) is 0.385. The van der Waals surface area contributed by atoms with Crippen LogP contribution in [0.4, 0.5) is 8.78 Å². The van der Waals surface area contributed by atoms with Crippen LogP contribution < -0.4 is 11.3 Å². The molecule has 2 nitrogen and oxygen atoms in total. The summed E-state index contributed by atoms with van der Waals surface area (Å²) in [4.78, 5) is 0. The van der Waals surface area contributed by atoms with E-state index in [1.807, 2.05) is 6.92 Å². The number of benzene rings is 1. The first-order valence-electron chi connectivity index (χ1n) is 5.57. The van der Waals surface area contributed by atoms with Gasteiger partial charge in [0.2, 0.25) is 0 Å². The van der Waals surface area contributed by atoms with Gasteiger partial charge in [-0.2, -0.15) is 0 Å². The maximum Gasteiger partial charge on any atom is 0.159 e. The number of hydrazine groups is 1. The summed E-state index contributed by atoms with van der Waals surface area (Å²) in [6.07, 6.45) is 2.25. The SMILES string of the molecule is C=C(C)CCC(Cc1ccc(F)c(F)c1)NN. The molecule has 0 aliphatic rings. The third-order valence-corrected chi connectivity index (χ3v) is 2.62. The summed E-state index contributed by atoms with van der Waals surface area (Å²) in [6.45, 7) is 5.77. The number of nitrogens with one attached hydrogen (secondary N) is 1. The molecule has 1 rings (SSSR count). The molecule has 0 fully saturated rings. The molecular formula is C13H18F2N2. The van der Waals surface area contributed by atoms with Crippen molar-refractivity contribution >= 4 is 0 Å². The highest BCUT2D eigenvalue weighted by molar-refractivity contribution is 5.18. The van der Waals surface area contributed by atoms with Gasteiger partial charge in [-0.05, 0) is 43.9 Å². The van der Waals surface area contributed by atoms with Crippen LogP contribution in [0.5, 0.6) is 0 Å². The van der Waals surface area contributed by atoms with E-state index < -0.39 is 11.6 Å². The summed E-state index contributed by atoms with van der Waals surface area (Å²) in [5.41, 5.74) is 4.49. The van der Waals surface area contributed by atoms with Crippen LogP contribution in [0.25, 0.3) is 0 Å². The molecule has 0 bridgehead atoms. The van der Waals surface area contributed by atoms with Crippen molar-refractivity contribution in [1.29, 1.82) is 0 Å². The first-order chi connectivity index (χ1) is 8.02. The average Bonchev–Trinajstić information content (AvgIpc) is 2.28. The van der Waals surface area contributed by atoms with Crippen molar-refractivity contribution in [3.63, 3.8) is 0 Å². The largest absolute Gasteiger partial charge is 0.271 e. The maximum atomic E-state index is 13.0. The second-order valence-electron chi connectivity index (χ2n) is 4.31. The third kappa shape index (κ3) is 4.63. The van der Waals surface area contributed by atoms with Crippen molar-refractivity contribution in [1.82, 2.24) is 5.43 Å². The van der Waals surface area contributed by atoms with Crippen molar-refractivity contribution in [3.8, 4) is 0 Å². The van der Waals surface area contributed by atoms with Gasteiger partial charge in [-0.1, -0.05) is 11.6 Å². The summed E-state index contributed by atoms with van der Waals surface area (Å²) in [5, 5.41) is 0. The van der Waals surface area contributed by atoms with Gasteiger partial charge in [0.05, 0.1) is 0 Å². The first kappa shape index (κ1) is 13.8. The Morgan fingerprint density at radius 2 is 2.12 bits per heavy atom. The minimum Gasteiger partial charge on any atom is -0.271 e. The molecule has 17 heavy (non-hydrogen) atoms. The van der Waals surface area contributed by atoms with Crippen LogP contribution in [0.3, 0.4) is 0 Å². The molecule has 1 aromatic carbocycles. The second-order valence-corrected chi connectivity index (χ2v) is 4.31. The molecule has 0 aromatic heterocycles. The minimum absolute atomic E-state index is 0.0385. The predicted octanol–water partition coefficient (Wildman–Crippen LogP) is 2.70. The molecule has 0 aliphatic heterocycles. The van der Waals surface area contributed by atoms with E-state index in [2.05, 4.69) is 12.0 Å². The van der Waals surface area contributed by atoms with Gasteiger partial charge >= 0.3 is 0 Å². The highest BCUT2D eigenvalue weighted by atomic mass is 19.2. The first-order valence-corrected chi connectivity index (χ1v) is 5.57. The van der Waals surface area contributed by atoms with Crippen LogP contribution in [-0.4, -0.2) is 6.04 Å². The van der Waals surface area contributed by atoms with Gasteiger partial charge < -0.3 is 0 Å². The van der Waals surface area contributed by atoms with E-state index >= 15 is 0 Å². The Labute approximate surface area is 100 Å². The highest BCUT2D eigenvalue weighted by Crippen LogP contribution is 2.13. The number of hydrogen-bond donors (Lipinski definition) is 2. The zero-order valence-corrected chi connectivity index (χ0v) is 9.97. The number of allylic oxidation sites excluding steroid dienone is 1. The van der Waals surface area contributed by atoms with Gasteiger partial charge in [0.25, 0.3) is 0 Å². The van der Waals surface area contributed by atoms with Crippen LogP contribution in [0.2, 0.25) is 0 Å². The molecule has 0 saturated carbocycles. The monoisotopic (exact) mass is 240 g/mol. The Balaban J connectivity index is 2.60. The Bertz CT molecular complexity index is 391. The lowest BCUT2D eigenvalue weighted by Gasteiger charge is -2.16. The Hall–Kier alpha value is -1.26. The van der Waals surface area contributed by atoms with Gasteiger partial charge in [-0.3, -0.25) is 11.3 Å². The van der Waals surface area contributed by atoms with Crippen LogP contribution in [-0.2, 0) is 6.42 Å². The molecule has 0 aliphatic carbocycles. The van der Waals surface area contributed by atoms with E-state index in [1.54, 1.807) is 6.07 Å². The maximum absolute atomic E-state index is 13.0. The number of halogens is 2. The quantitative estimate of drug-likeness (QED) is 0.456. The standard InChI is InChI=1S/C13H18F2N2/c1-9(2)3-5-11(17-16)7-10-4-6-12(14)13(15)8-10/h4,6,8,11,17H,1,3,5,7,16H2,2H3. The van der Waals surface area contributed by atoms with E-state index in [4.69, 9.17) is 5.84 Å². The molecular weight excluding hydrogens is 222 g/mol. The van der Waals surface area contributed by atoms with E-state index in [0.717, 1.165) is 30.0 Å². The number of hydrogen-bond acceptors (Lipinski definition) is 2. The normalized spacial score (nSPS) is 12.5. The van der Waals surface area contributed by atoms with Crippen LogP contribution in [0.1, 0.15) is 25.3 Å². The number of rotatable bonds is 6. The molecule has 1 unspecified atom stereocenters. The van der Waals surface area contributed by atoms with Gasteiger partial charge in [0, 0.05) is 6.04 Å². The average molecular weight is 240 g/mol. The van der Waals surface area contributed by atoms with Crippen LogP contribution in [0, 0.1) is 11.6 Å². The Kier molecular flexibility index (Phi) is 5.25. The van der Waals surface area contributed by atoms with Gasteiger partial charge in [-0.15, -0.1) is 6.58 Å². The summed E-state index contributed by atoms with van der Waals surface area (Å²) in [6, 6.07) is 3.96. The van der Waals surface area contributed by atoms with Crippen LogP contribution in [0.15, 0.2) is 30.4 Å². The second kappa shape index (κ2) is 6.47. The summed E-state index contributed by atoms with van der Waals surface area (Å²) >= 11 is 0. The van der Waals surface area contributed by atoms with E-state index in [1.165, 1.54) is 6.07 Å². The van der Waals surface area contributed by atoms with Crippen molar-refractivity contribution in [2.24, 2.45) is 5.84 Å². The van der Waals surface area contributed by atoms with Gasteiger partial charge in [0.15, 0.2) is 11.6 Å². The molecule has 0 radical (unpaired) electrons. The highest BCUT2D eigenvalue weighted by Gasteiger charge is 2.09. The number of nitrogens with two attached hydrogens (primary N) is 1. The summed E-state index contributed by atoms with van der Waals surface area (Å²) in [7, 11) is 0. The van der Waals surface area contributed by atoms with Crippen molar-refractivity contribution in [2.45, 2.75) is 32.2 Å². The van der Waals surface area contributed by atoms with Crippen molar-refractivity contribution < 1.29 is 8.78 Å². The van der Waals surface area contributed by atoms with E-state index in [-0.39, 0.29) is 6.04 Å². The van der Waals surface area contributed by atoms with Crippen LogP contribution >= 0.6 is 0 Å². The molecule has 1 aromatic rings. The fourth-order valence-corrected chi connectivity index (χ4v) is 1.62. The molecule has 94 valence electrons. The fourth-order valence-electron chi connectivity index (χ4n) is 1.62.